The van der Waals surface area contributed by atoms with Gasteiger partial charge in [-0.1, -0.05) is 31.5 Å². The van der Waals surface area contributed by atoms with Gasteiger partial charge in [-0.15, -0.1) is 11.3 Å². The number of imide groups is 1. The minimum Gasteiger partial charge on any atom is -0.341 e. The lowest BCUT2D eigenvalue weighted by molar-refractivity contribution is -0.117. The maximum absolute atomic E-state index is 13.2. The van der Waals surface area contributed by atoms with E-state index in [-0.39, 0.29) is 11.3 Å². The van der Waals surface area contributed by atoms with Crippen molar-refractivity contribution in [3.63, 3.8) is 0 Å². The number of unbranched alkanes of at least 4 members (excludes halogenated alkanes) is 2. The van der Waals surface area contributed by atoms with Gasteiger partial charge >= 0.3 is 6.03 Å². The topological polar surface area (TPSA) is 93.1 Å². The Morgan fingerprint density at radius 3 is 2.85 bits per heavy atom. The summed E-state index contributed by atoms with van der Waals surface area (Å²) < 4.78 is 1.71. The van der Waals surface area contributed by atoms with Crippen LogP contribution < -0.4 is 16.2 Å². The van der Waals surface area contributed by atoms with Gasteiger partial charge in [-0.25, -0.2) is 9.78 Å². The maximum atomic E-state index is 13.2. The third kappa shape index (κ3) is 4.35. The molecule has 1 aliphatic rings. The first-order chi connectivity index (χ1) is 13.0. The van der Waals surface area contributed by atoms with E-state index in [0.717, 1.165) is 48.7 Å². The van der Waals surface area contributed by atoms with Crippen molar-refractivity contribution in [1.29, 1.82) is 0 Å². The molecule has 0 bridgehead atoms. The van der Waals surface area contributed by atoms with Gasteiger partial charge in [-0.05, 0) is 31.2 Å². The van der Waals surface area contributed by atoms with Gasteiger partial charge in [0.05, 0.1) is 11.1 Å². The fourth-order valence-electron chi connectivity index (χ4n) is 3.24. The molecule has 0 aliphatic heterocycles. The second-order valence-corrected chi connectivity index (χ2v) is 8.54. The van der Waals surface area contributed by atoms with Gasteiger partial charge < -0.3 is 5.32 Å². The molecule has 2 aromatic heterocycles. The number of amides is 3. The fraction of sp³-hybridized carbons (Fsp3) is 0.556. The number of aryl methyl sites for hydroxylation is 2. The molecule has 27 heavy (non-hydrogen) atoms. The van der Waals surface area contributed by atoms with E-state index in [1.165, 1.54) is 29.3 Å². The quantitative estimate of drug-likeness (QED) is 0.417. The SMILES string of the molecule is CCCCCn1c(SCC(=O)NC(=O)NC)nc2sc3c(c2c1=O)CCC3. The lowest BCUT2D eigenvalue weighted by Gasteiger charge is -2.12. The molecule has 7 nitrogen and oxygen atoms in total. The molecule has 0 spiro atoms. The summed E-state index contributed by atoms with van der Waals surface area (Å²) in [7, 11) is 1.45. The van der Waals surface area contributed by atoms with E-state index in [1.807, 2.05) is 0 Å². The van der Waals surface area contributed by atoms with Crippen LogP contribution >= 0.6 is 23.1 Å². The van der Waals surface area contributed by atoms with Crippen LogP contribution in [0, 0.1) is 0 Å². The third-order valence-electron chi connectivity index (χ3n) is 4.59. The Hall–Kier alpha value is -1.87. The number of rotatable bonds is 7. The first-order valence-corrected chi connectivity index (χ1v) is 11.0. The van der Waals surface area contributed by atoms with E-state index in [0.29, 0.717) is 11.7 Å². The average molecular weight is 409 g/mol. The minimum atomic E-state index is -0.543. The Labute approximate surface area is 165 Å². The van der Waals surface area contributed by atoms with E-state index < -0.39 is 11.9 Å². The van der Waals surface area contributed by atoms with Crippen molar-refractivity contribution in [2.24, 2.45) is 0 Å². The molecule has 2 aromatic rings. The van der Waals surface area contributed by atoms with Gasteiger partial charge in [0, 0.05) is 18.5 Å². The fourth-order valence-corrected chi connectivity index (χ4v) is 5.37. The molecule has 146 valence electrons. The van der Waals surface area contributed by atoms with Crippen molar-refractivity contribution in [2.45, 2.75) is 57.1 Å². The van der Waals surface area contributed by atoms with Crippen LogP contribution in [0.2, 0.25) is 0 Å². The number of urea groups is 1. The van der Waals surface area contributed by atoms with Crippen molar-refractivity contribution < 1.29 is 9.59 Å². The number of fused-ring (bicyclic) bond motifs is 3. The summed E-state index contributed by atoms with van der Waals surface area (Å²) in [6, 6.07) is -0.543. The molecule has 0 unspecified atom stereocenters. The predicted octanol–water partition coefficient (Wildman–Crippen LogP) is 2.68. The Morgan fingerprint density at radius 2 is 2.11 bits per heavy atom. The summed E-state index contributed by atoms with van der Waals surface area (Å²) in [5.74, 6) is -0.382. The molecule has 0 radical (unpaired) electrons. The summed E-state index contributed by atoms with van der Waals surface area (Å²) in [4.78, 5) is 43.1. The number of nitrogens with zero attached hydrogens (tertiary/aromatic N) is 2. The number of thioether (sulfide) groups is 1. The van der Waals surface area contributed by atoms with E-state index >= 15 is 0 Å². The monoisotopic (exact) mass is 408 g/mol. The lowest BCUT2D eigenvalue weighted by Crippen LogP contribution is -2.38. The molecular formula is C18H24N4O3S2. The van der Waals surface area contributed by atoms with Gasteiger partial charge in [0.1, 0.15) is 4.83 Å². The highest BCUT2D eigenvalue weighted by atomic mass is 32.2. The average Bonchev–Trinajstić information content (AvgIpc) is 3.22. The minimum absolute atomic E-state index is 0.00436. The van der Waals surface area contributed by atoms with Gasteiger partial charge in [0.15, 0.2) is 5.16 Å². The summed E-state index contributed by atoms with van der Waals surface area (Å²) in [5, 5.41) is 5.90. The molecule has 1 aliphatic carbocycles. The normalized spacial score (nSPS) is 13.0. The Kier molecular flexibility index (Phi) is 6.54. The van der Waals surface area contributed by atoms with Crippen molar-refractivity contribution in [3.8, 4) is 0 Å². The van der Waals surface area contributed by atoms with Crippen LogP contribution in [0.3, 0.4) is 0 Å². The van der Waals surface area contributed by atoms with Crippen molar-refractivity contribution in [2.75, 3.05) is 12.8 Å². The highest BCUT2D eigenvalue weighted by Gasteiger charge is 2.23. The zero-order chi connectivity index (χ0) is 19.4. The van der Waals surface area contributed by atoms with Crippen molar-refractivity contribution in [1.82, 2.24) is 20.2 Å². The van der Waals surface area contributed by atoms with Crippen LogP contribution in [0.15, 0.2) is 9.95 Å². The van der Waals surface area contributed by atoms with Gasteiger partial charge in [0.2, 0.25) is 5.91 Å². The second-order valence-electron chi connectivity index (χ2n) is 6.51. The molecule has 3 amide bonds. The zero-order valence-corrected chi connectivity index (χ0v) is 17.2. The van der Waals surface area contributed by atoms with E-state index in [2.05, 4.69) is 17.6 Å². The molecule has 2 heterocycles. The van der Waals surface area contributed by atoms with E-state index in [9.17, 15) is 14.4 Å². The number of hydrogen-bond donors (Lipinski definition) is 2. The maximum Gasteiger partial charge on any atom is 0.321 e. The van der Waals surface area contributed by atoms with Crippen LogP contribution in [0.4, 0.5) is 4.79 Å². The molecule has 0 aromatic carbocycles. The highest BCUT2D eigenvalue weighted by Crippen LogP contribution is 2.35. The van der Waals surface area contributed by atoms with Gasteiger partial charge in [0.25, 0.3) is 5.56 Å². The Bertz CT molecular complexity index is 919. The molecule has 3 rings (SSSR count). The van der Waals surface area contributed by atoms with Crippen molar-refractivity contribution in [3.05, 3.63) is 20.8 Å². The number of thiophene rings is 1. The molecular weight excluding hydrogens is 384 g/mol. The first-order valence-electron chi connectivity index (χ1n) is 9.24. The number of hydrogen-bond acceptors (Lipinski definition) is 6. The van der Waals surface area contributed by atoms with Crippen LogP contribution in [-0.2, 0) is 24.2 Å². The molecule has 9 heteroatoms. The van der Waals surface area contributed by atoms with E-state index in [4.69, 9.17) is 4.98 Å². The number of nitrogens with one attached hydrogen (secondary N) is 2. The van der Waals surface area contributed by atoms with Crippen LogP contribution in [0.25, 0.3) is 10.2 Å². The van der Waals surface area contributed by atoms with E-state index in [1.54, 1.807) is 15.9 Å². The van der Waals surface area contributed by atoms with Crippen LogP contribution in [0.1, 0.15) is 43.0 Å². The highest BCUT2D eigenvalue weighted by molar-refractivity contribution is 7.99. The van der Waals surface area contributed by atoms with Crippen LogP contribution in [-0.4, -0.2) is 34.3 Å². The summed E-state index contributed by atoms with van der Waals surface area (Å²) in [6.45, 7) is 2.72. The van der Waals surface area contributed by atoms with Crippen molar-refractivity contribution >= 4 is 45.3 Å². The third-order valence-corrected chi connectivity index (χ3v) is 6.75. The smallest absolute Gasteiger partial charge is 0.321 e. The molecule has 0 saturated carbocycles. The zero-order valence-electron chi connectivity index (χ0n) is 15.6. The predicted molar refractivity (Wildman–Crippen MR) is 109 cm³/mol. The lowest BCUT2D eigenvalue weighted by atomic mass is 10.2. The summed E-state index contributed by atoms with van der Waals surface area (Å²) in [5.41, 5.74) is 1.18. The summed E-state index contributed by atoms with van der Waals surface area (Å²) >= 11 is 2.80. The number of aromatic nitrogens is 2. The Balaban J connectivity index is 1.90. The molecule has 2 N–H and O–H groups in total. The largest absolute Gasteiger partial charge is 0.341 e. The van der Waals surface area contributed by atoms with Gasteiger partial charge in [-0.2, -0.15) is 0 Å². The number of carbonyl (C=O) groups is 2. The molecule has 0 fully saturated rings. The van der Waals surface area contributed by atoms with Gasteiger partial charge in [-0.3, -0.25) is 19.5 Å². The second kappa shape index (κ2) is 8.88. The first kappa shape index (κ1) is 19.9. The Morgan fingerprint density at radius 1 is 1.30 bits per heavy atom. The standard InChI is InChI=1S/C18H24N4O3S2/c1-3-4-5-9-22-16(24)14-11-7-6-8-12(11)27-15(14)21-18(22)26-10-13(23)20-17(25)19-2/h3-10H2,1-2H3,(H2,19,20,23,25). The molecule has 0 saturated heterocycles. The van der Waals surface area contributed by atoms with Crippen LogP contribution in [0.5, 0.6) is 0 Å². The summed E-state index contributed by atoms with van der Waals surface area (Å²) in [6.07, 6.45) is 6.06. The molecule has 0 atom stereocenters. The number of carbonyl (C=O) groups excluding carboxylic acids is 2.